The first-order chi connectivity index (χ1) is 19.9. The third kappa shape index (κ3) is 5.31. The summed E-state index contributed by atoms with van der Waals surface area (Å²) in [6.45, 7) is 6.41. The molecular weight excluding hydrogens is 525 g/mol. The minimum Gasteiger partial charge on any atom is -0.415 e. The van der Waals surface area contributed by atoms with E-state index >= 15 is 4.57 Å². The van der Waals surface area contributed by atoms with Crippen molar-refractivity contribution in [2.75, 3.05) is 0 Å². The fourth-order valence-corrected chi connectivity index (χ4v) is 7.55. The molecule has 204 valence electrons. The summed E-state index contributed by atoms with van der Waals surface area (Å²) in [5, 5.41) is 0. The van der Waals surface area contributed by atoms with E-state index in [1.54, 1.807) is 0 Å². The Kier molecular flexibility index (Phi) is 7.26. The molecule has 0 saturated carbocycles. The number of hydrogen-bond acceptors (Lipinski definition) is 3. The molecule has 41 heavy (non-hydrogen) atoms. The average Bonchev–Trinajstić information content (AvgIpc) is 3.35. The second-order valence-electron chi connectivity index (χ2n) is 10.4. The van der Waals surface area contributed by atoms with E-state index in [4.69, 9.17) is 9.05 Å². The third-order valence-corrected chi connectivity index (χ3v) is 9.64. The van der Waals surface area contributed by atoms with Gasteiger partial charge in [0.05, 0.1) is 11.2 Å². The summed E-state index contributed by atoms with van der Waals surface area (Å²) in [5.41, 5.74) is 7.79. The second-order valence-corrected chi connectivity index (χ2v) is 12.3. The first-order valence-corrected chi connectivity index (χ1v) is 15.4. The van der Waals surface area contributed by atoms with Crippen LogP contribution in [0.3, 0.4) is 0 Å². The van der Waals surface area contributed by atoms with E-state index in [2.05, 4.69) is 55.6 Å². The molecule has 2 heterocycles. The van der Waals surface area contributed by atoms with Crippen LogP contribution in [-0.4, -0.2) is 4.40 Å². The Labute approximate surface area is 241 Å². The van der Waals surface area contributed by atoms with Crippen molar-refractivity contribution in [2.24, 2.45) is 0 Å². The molecule has 6 rings (SSSR count). The van der Waals surface area contributed by atoms with Crippen molar-refractivity contribution < 1.29 is 13.6 Å². The summed E-state index contributed by atoms with van der Waals surface area (Å²) >= 11 is 0. The van der Waals surface area contributed by atoms with Crippen LogP contribution in [0.1, 0.15) is 33.5 Å². The normalized spacial score (nSPS) is 12.3. The number of para-hydroxylation sites is 2. The van der Waals surface area contributed by atoms with Crippen LogP contribution >= 0.6 is 7.60 Å². The van der Waals surface area contributed by atoms with E-state index in [-0.39, 0.29) is 0 Å². The van der Waals surface area contributed by atoms with Crippen LogP contribution in [0.25, 0.3) is 16.8 Å². The predicted molar refractivity (Wildman–Crippen MR) is 167 cm³/mol. The van der Waals surface area contributed by atoms with Gasteiger partial charge < -0.3 is 13.4 Å². The highest BCUT2D eigenvalue weighted by Crippen LogP contribution is 2.63. The molecule has 6 aromatic rings. The van der Waals surface area contributed by atoms with Gasteiger partial charge in [0.25, 0.3) is 0 Å². The Morgan fingerprint density at radius 1 is 0.610 bits per heavy atom. The predicted octanol–water partition coefficient (Wildman–Crippen LogP) is 9.97. The molecule has 0 aliphatic rings. The lowest BCUT2D eigenvalue weighted by atomic mass is 9.98. The van der Waals surface area contributed by atoms with Crippen molar-refractivity contribution in [2.45, 2.75) is 26.4 Å². The molecule has 0 aliphatic carbocycles. The van der Waals surface area contributed by atoms with Gasteiger partial charge in [-0.2, -0.15) is 0 Å². The standard InChI is InChI=1S/C36H32NO3P/c1-26-23-28(3)32(24-27(26)2)35-25-33(34-21-13-14-22-37(34)35)36(29-15-7-4-8-16-29)41(38,39-30-17-9-5-10-18-30)40-31-19-11-6-12-20-31/h4-25,36H,1-3H3. The minimum absolute atomic E-state index is 0.487. The quantitative estimate of drug-likeness (QED) is 0.175. The van der Waals surface area contributed by atoms with Crippen molar-refractivity contribution >= 4 is 13.1 Å². The molecule has 0 bridgehead atoms. The van der Waals surface area contributed by atoms with Gasteiger partial charge in [0.1, 0.15) is 17.2 Å². The van der Waals surface area contributed by atoms with Crippen LogP contribution < -0.4 is 9.05 Å². The van der Waals surface area contributed by atoms with Gasteiger partial charge in [0.15, 0.2) is 0 Å². The van der Waals surface area contributed by atoms with E-state index in [1.807, 2.05) is 103 Å². The van der Waals surface area contributed by atoms with E-state index < -0.39 is 13.3 Å². The fourth-order valence-electron chi connectivity index (χ4n) is 5.39. The zero-order valence-electron chi connectivity index (χ0n) is 23.4. The lowest BCUT2D eigenvalue weighted by Gasteiger charge is -2.28. The molecule has 4 aromatic carbocycles. The van der Waals surface area contributed by atoms with Gasteiger partial charge in [0.2, 0.25) is 0 Å². The summed E-state index contributed by atoms with van der Waals surface area (Å²) in [6, 6.07) is 41.1. The number of aromatic nitrogens is 1. The maximum Gasteiger partial charge on any atom is 0.442 e. The largest absolute Gasteiger partial charge is 0.442 e. The smallest absolute Gasteiger partial charge is 0.415 e. The van der Waals surface area contributed by atoms with E-state index in [0.29, 0.717) is 11.5 Å². The topological polar surface area (TPSA) is 39.9 Å². The highest BCUT2D eigenvalue weighted by atomic mass is 31.2. The van der Waals surface area contributed by atoms with Gasteiger partial charge in [-0.3, -0.25) is 0 Å². The number of hydrogen-bond donors (Lipinski definition) is 0. The van der Waals surface area contributed by atoms with E-state index in [0.717, 1.165) is 27.9 Å². The Morgan fingerprint density at radius 2 is 1.15 bits per heavy atom. The summed E-state index contributed by atoms with van der Waals surface area (Å²) in [6.07, 6.45) is 2.06. The highest BCUT2D eigenvalue weighted by molar-refractivity contribution is 7.55. The van der Waals surface area contributed by atoms with Crippen molar-refractivity contribution in [3.05, 3.63) is 161 Å². The molecule has 0 saturated heterocycles. The van der Waals surface area contributed by atoms with Gasteiger partial charge in [-0.15, -0.1) is 0 Å². The Hall–Kier alpha value is -4.53. The third-order valence-electron chi connectivity index (χ3n) is 7.50. The van der Waals surface area contributed by atoms with Gasteiger partial charge in [-0.25, -0.2) is 4.57 Å². The number of rotatable bonds is 8. The Balaban J connectivity index is 1.62. The molecule has 0 aliphatic heterocycles. The summed E-state index contributed by atoms with van der Waals surface area (Å²) < 4.78 is 30.4. The first kappa shape index (κ1) is 26.7. The number of nitrogens with zero attached hydrogens (tertiary/aromatic N) is 1. The van der Waals surface area contributed by atoms with Crippen LogP contribution in [-0.2, 0) is 4.57 Å². The van der Waals surface area contributed by atoms with E-state index in [1.165, 1.54) is 16.7 Å². The van der Waals surface area contributed by atoms with E-state index in [9.17, 15) is 0 Å². The van der Waals surface area contributed by atoms with Crippen LogP contribution in [0.2, 0.25) is 0 Å². The zero-order valence-corrected chi connectivity index (χ0v) is 24.3. The fraction of sp³-hybridized carbons (Fsp3) is 0.111. The lowest BCUT2D eigenvalue weighted by Crippen LogP contribution is -2.12. The summed E-state index contributed by atoms with van der Waals surface area (Å²) in [7, 11) is -3.94. The van der Waals surface area contributed by atoms with Crippen molar-refractivity contribution in [1.29, 1.82) is 0 Å². The van der Waals surface area contributed by atoms with Crippen molar-refractivity contribution in [3.8, 4) is 22.8 Å². The molecular formula is C36H32NO3P. The van der Waals surface area contributed by atoms with Gasteiger partial charge in [-0.1, -0.05) is 78.9 Å². The van der Waals surface area contributed by atoms with Crippen molar-refractivity contribution in [3.63, 3.8) is 0 Å². The monoisotopic (exact) mass is 557 g/mol. The molecule has 0 spiro atoms. The molecule has 1 atom stereocenters. The lowest BCUT2D eigenvalue weighted by molar-refractivity contribution is 0.378. The second kappa shape index (κ2) is 11.2. The molecule has 0 amide bonds. The maximum absolute atomic E-state index is 15.4. The number of fused-ring (bicyclic) bond motifs is 1. The van der Waals surface area contributed by atoms with Gasteiger partial charge in [-0.05, 0) is 91.6 Å². The van der Waals surface area contributed by atoms with Crippen LogP contribution in [0.5, 0.6) is 11.5 Å². The average molecular weight is 558 g/mol. The molecule has 1 unspecified atom stereocenters. The summed E-state index contributed by atoms with van der Waals surface area (Å²) in [4.78, 5) is 0. The summed E-state index contributed by atoms with van der Waals surface area (Å²) in [5.74, 6) is 0.975. The number of benzene rings is 4. The van der Waals surface area contributed by atoms with Gasteiger partial charge >= 0.3 is 7.60 Å². The highest BCUT2D eigenvalue weighted by Gasteiger charge is 2.43. The number of aryl methyl sites for hydroxylation is 3. The Bertz CT molecular complexity index is 1800. The molecule has 4 nitrogen and oxygen atoms in total. The molecule has 5 heteroatoms. The minimum atomic E-state index is -3.94. The maximum atomic E-state index is 15.4. The molecule has 0 N–H and O–H groups in total. The molecule has 0 radical (unpaired) electrons. The first-order valence-electron chi connectivity index (χ1n) is 13.7. The van der Waals surface area contributed by atoms with Gasteiger partial charge in [0, 0.05) is 17.3 Å². The van der Waals surface area contributed by atoms with Crippen molar-refractivity contribution in [1.82, 2.24) is 4.40 Å². The number of pyridine rings is 1. The molecule has 0 fully saturated rings. The SMILES string of the molecule is Cc1cc(C)c(-c2cc(C(c3ccccc3)P(=O)(Oc3ccccc3)Oc3ccccc3)c3ccccn23)cc1C. The van der Waals surface area contributed by atoms with Crippen LogP contribution in [0.15, 0.2) is 134 Å². The zero-order chi connectivity index (χ0) is 28.4. The van der Waals surface area contributed by atoms with Crippen LogP contribution in [0, 0.1) is 20.8 Å². The van der Waals surface area contributed by atoms with Crippen LogP contribution in [0.4, 0.5) is 0 Å². The molecule has 2 aromatic heterocycles. The Morgan fingerprint density at radius 3 is 1.76 bits per heavy atom.